The first-order valence-corrected chi connectivity index (χ1v) is 8.53. The van der Waals surface area contributed by atoms with E-state index in [1.165, 1.54) is 16.0 Å². The molecule has 1 aromatic heterocycles. The summed E-state index contributed by atoms with van der Waals surface area (Å²) >= 11 is 1.75. The van der Waals surface area contributed by atoms with Crippen LogP contribution < -0.4 is 5.32 Å². The zero-order valence-electron chi connectivity index (χ0n) is 12.4. The van der Waals surface area contributed by atoms with Gasteiger partial charge < -0.3 is 5.32 Å². The SMILES string of the molecule is CCC(=O)C1(c2ccsc2-c2ccccc2)CCNCC1. The van der Waals surface area contributed by atoms with Crippen molar-refractivity contribution in [2.75, 3.05) is 13.1 Å². The number of rotatable bonds is 4. The molecule has 0 amide bonds. The van der Waals surface area contributed by atoms with Crippen molar-refractivity contribution < 1.29 is 4.79 Å². The molecule has 21 heavy (non-hydrogen) atoms. The van der Waals surface area contributed by atoms with Gasteiger partial charge in [0.1, 0.15) is 5.78 Å². The van der Waals surface area contributed by atoms with Gasteiger partial charge in [0.15, 0.2) is 0 Å². The van der Waals surface area contributed by atoms with Crippen LogP contribution in [0.1, 0.15) is 31.7 Å². The summed E-state index contributed by atoms with van der Waals surface area (Å²) in [5.74, 6) is 0.389. The maximum atomic E-state index is 12.7. The van der Waals surface area contributed by atoms with Crippen LogP contribution in [-0.4, -0.2) is 18.9 Å². The molecule has 0 radical (unpaired) electrons. The summed E-state index contributed by atoms with van der Waals surface area (Å²) in [4.78, 5) is 14.0. The summed E-state index contributed by atoms with van der Waals surface area (Å²) in [5.41, 5.74) is 2.18. The van der Waals surface area contributed by atoms with Gasteiger partial charge in [-0.1, -0.05) is 37.3 Å². The Bertz CT molecular complexity index is 611. The molecule has 1 fully saturated rings. The highest BCUT2D eigenvalue weighted by Crippen LogP contribution is 2.43. The molecule has 110 valence electrons. The highest BCUT2D eigenvalue weighted by molar-refractivity contribution is 7.13. The van der Waals surface area contributed by atoms with E-state index in [2.05, 4.69) is 41.0 Å². The maximum absolute atomic E-state index is 12.7. The second-order valence-electron chi connectivity index (χ2n) is 5.64. The Kier molecular flexibility index (Phi) is 4.22. The number of hydrogen-bond donors (Lipinski definition) is 1. The quantitative estimate of drug-likeness (QED) is 0.924. The lowest BCUT2D eigenvalue weighted by Crippen LogP contribution is -2.45. The summed E-state index contributed by atoms with van der Waals surface area (Å²) < 4.78 is 0. The predicted molar refractivity (Wildman–Crippen MR) is 88.8 cm³/mol. The van der Waals surface area contributed by atoms with Gasteiger partial charge in [-0.3, -0.25) is 4.79 Å². The molecule has 0 unspecified atom stereocenters. The molecular formula is C18H21NOS. The fourth-order valence-electron chi connectivity index (χ4n) is 3.39. The number of nitrogens with one attached hydrogen (secondary N) is 1. The molecule has 0 bridgehead atoms. The van der Waals surface area contributed by atoms with Crippen molar-refractivity contribution in [1.82, 2.24) is 5.32 Å². The summed E-state index contributed by atoms with van der Waals surface area (Å²) in [5, 5.41) is 5.52. The predicted octanol–water partition coefficient (Wildman–Crippen LogP) is 4.02. The number of benzene rings is 1. The lowest BCUT2D eigenvalue weighted by atomic mass is 9.69. The summed E-state index contributed by atoms with van der Waals surface area (Å²) in [7, 11) is 0. The van der Waals surface area contributed by atoms with E-state index in [4.69, 9.17) is 0 Å². The van der Waals surface area contributed by atoms with E-state index in [-0.39, 0.29) is 5.41 Å². The minimum absolute atomic E-state index is 0.287. The largest absolute Gasteiger partial charge is 0.317 e. The van der Waals surface area contributed by atoms with Crippen LogP contribution in [0.15, 0.2) is 41.8 Å². The third-order valence-electron chi connectivity index (χ3n) is 4.53. The van der Waals surface area contributed by atoms with Gasteiger partial charge in [-0.15, -0.1) is 11.3 Å². The Balaban J connectivity index is 2.09. The number of piperidine rings is 1. The van der Waals surface area contributed by atoms with E-state index >= 15 is 0 Å². The molecule has 2 aromatic rings. The summed E-state index contributed by atoms with van der Waals surface area (Å²) in [6.07, 6.45) is 2.44. The minimum atomic E-state index is -0.287. The van der Waals surface area contributed by atoms with Crippen LogP contribution in [0.25, 0.3) is 10.4 Å². The van der Waals surface area contributed by atoms with Crippen LogP contribution in [0.4, 0.5) is 0 Å². The standard InChI is InChI=1S/C18H21NOS/c1-2-16(20)18(9-11-19-12-10-18)15-8-13-21-17(15)14-6-4-3-5-7-14/h3-8,13,19H,2,9-12H2,1H3. The monoisotopic (exact) mass is 299 g/mol. The van der Waals surface area contributed by atoms with Crippen LogP contribution in [0.5, 0.6) is 0 Å². The van der Waals surface area contributed by atoms with Crippen molar-refractivity contribution in [3.8, 4) is 10.4 Å². The Hall–Kier alpha value is -1.45. The topological polar surface area (TPSA) is 29.1 Å². The molecule has 2 heterocycles. The lowest BCUT2D eigenvalue weighted by molar-refractivity contribution is -0.125. The number of hydrogen-bond acceptors (Lipinski definition) is 3. The molecule has 0 aliphatic carbocycles. The van der Waals surface area contributed by atoms with Crippen molar-refractivity contribution in [3.05, 3.63) is 47.3 Å². The second-order valence-corrected chi connectivity index (χ2v) is 6.55. The average molecular weight is 299 g/mol. The van der Waals surface area contributed by atoms with E-state index in [1.54, 1.807) is 11.3 Å². The van der Waals surface area contributed by atoms with Crippen molar-refractivity contribution in [2.24, 2.45) is 0 Å². The minimum Gasteiger partial charge on any atom is -0.317 e. The van der Waals surface area contributed by atoms with Crippen LogP contribution in [0.2, 0.25) is 0 Å². The fraction of sp³-hybridized carbons (Fsp3) is 0.389. The molecule has 1 N–H and O–H groups in total. The highest BCUT2D eigenvalue weighted by Gasteiger charge is 2.41. The Morgan fingerprint density at radius 3 is 2.57 bits per heavy atom. The van der Waals surface area contributed by atoms with E-state index in [0.29, 0.717) is 12.2 Å². The van der Waals surface area contributed by atoms with E-state index < -0.39 is 0 Å². The van der Waals surface area contributed by atoms with Crippen LogP contribution >= 0.6 is 11.3 Å². The van der Waals surface area contributed by atoms with E-state index in [1.807, 2.05) is 13.0 Å². The van der Waals surface area contributed by atoms with Gasteiger partial charge in [0.25, 0.3) is 0 Å². The molecule has 3 heteroatoms. The van der Waals surface area contributed by atoms with E-state index in [9.17, 15) is 4.79 Å². The first-order chi connectivity index (χ1) is 10.3. The molecule has 1 aliphatic rings. The third kappa shape index (κ3) is 2.56. The summed E-state index contributed by atoms with van der Waals surface area (Å²) in [6.45, 7) is 3.84. The number of ketones is 1. The van der Waals surface area contributed by atoms with Crippen molar-refractivity contribution >= 4 is 17.1 Å². The van der Waals surface area contributed by atoms with Crippen LogP contribution in [-0.2, 0) is 10.2 Å². The number of carbonyl (C=O) groups excluding carboxylic acids is 1. The van der Waals surface area contributed by atoms with Crippen molar-refractivity contribution in [1.29, 1.82) is 0 Å². The van der Waals surface area contributed by atoms with Crippen LogP contribution in [0, 0.1) is 0 Å². The number of carbonyl (C=O) groups is 1. The van der Waals surface area contributed by atoms with Crippen LogP contribution in [0.3, 0.4) is 0 Å². The third-order valence-corrected chi connectivity index (χ3v) is 5.49. The molecule has 1 aromatic carbocycles. The zero-order valence-corrected chi connectivity index (χ0v) is 13.2. The summed E-state index contributed by atoms with van der Waals surface area (Å²) in [6, 6.07) is 12.6. The zero-order chi connectivity index (χ0) is 14.7. The Labute approximate surface area is 130 Å². The molecule has 0 atom stereocenters. The van der Waals surface area contributed by atoms with Gasteiger partial charge in [-0.2, -0.15) is 0 Å². The second kappa shape index (κ2) is 6.12. The smallest absolute Gasteiger partial charge is 0.143 e. The lowest BCUT2D eigenvalue weighted by Gasteiger charge is -2.37. The fourth-order valence-corrected chi connectivity index (χ4v) is 4.39. The molecule has 2 nitrogen and oxygen atoms in total. The number of Topliss-reactive ketones (excluding diaryl/α,β-unsaturated/α-hetero) is 1. The first kappa shape index (κ1) is 14.5. The van der Waals surface area contributed by atoms with Crippen molar-refractivity contribution in [2.45, 2.75) is 31.6 Å². The van der Waals surface area contributed by atoms with Gasteiger partial charge in [0.2, 0.25) is 0 Å². The van der Waals surface area contributed by atoms with Gasteiger partial charge >= 0.3 is 0 Å². The Morgan fingerprint density at radius 1 is 1.19 bits per heavy atom. The Morgan fingerprint density at radius 2 is 1.90 bits per heavy atom. The van der Waals surface area contributed by atoms with Gasteiger partial charge in [0, 0.05) is 11.3 Å². The maximum Gasteiger partial charge on any atom is 0.143 e. The van der Waals surface area contributed by atoms with Gasteiger partial charge in [-0.25, -0.2) is 0 Å². The molecule has 0 spiro atoms. The normalized spacial score (nSPS) is 17.6. The van der Waals surface area contributed by atoms with Crippen molar-refractivity contribution in [3.63, 3.8) is 0 Å². The van der Waals surface area contributed by atoms with E-state index in [0.717, 1.165) is 25.9 Å². The first-order valence-electron chi connectivity index (χ1n) is 7.65. The molecular weight excluding hydrogens is 278 g/mol. The average Bonchev–Trinajstić information content (AvgIpc) is 3.05. The number of thiophene rings is 1. The van der Waals surface area contributed by atoms with Gasteiger partial charge in [0.05, 0.1) is 5.41 Å². The molecule has 3 rings (SSSR count). The molecule has 1 aliphatic heterocycles. The molecule has 1 saturated heterocycles. The highest BCUT2D eigenvalue weighted by atomic mass is 32.1. The molecule has 0 saturated carbocycles. The van der Waals surface area contributed by atoms with Gasteiger partial charge in [-0.05, 0) is 48.5 Å².